The van der Waals surface area contributed by atoms with E-state index in [0.717, 1.165) is 11.8 Å². The maximum atomic E-state index is 10.1. The summed E-state index contributed by atoms with van der Waals surface area (Å²) in [6, 6.07) is -0.405. The first-order chi connectivity index (χ1) is 4.83. The fourth-order valence-corrected chi connectivity index (χ4v) is 0.710. The molecule has 0 aliphatic heterocycles. The van der Waals surface area contributed by atoms with Crippen LogP contribution in [0.4, 0.5) is 0 Å². The SMILES string of the molecule is N[C@H](C=O)Cc1cn[nH]c1. The molecule has 1 aromatic heterocycles. The lowest BCUT2D eigenvalue weighted by Gasteiger charge is -1.97. The Balaban J connectivity index is 2.47. The van der Waals surface area contributed by atoms with Crippen molar-refractivity contribution in [3.8, 4) is 0 Å². The molecule has 0 aliphatic carbocycles. The van der Waals surface area contributed by atoms with E-state index in [2.05, 4.69) is 10.2 Å². The van der Waals surface area contributed by atoms with Gasteiger partial charge >= 0.3 is 0 Å². The van der Waals surface area contributed by atoms with E-state index in [9.17, 15) is 4.79 Å². The number of carbonyl (C=O) groups is 1. The Kier molecular flexibility index (Phi) is 2.17. The highest BCUT2D eigenvalue weighted by Gasteiger charge is 2.01. The summed E-state index contributed by atoms with van der Waals surface area (Å²) in [7, 11) is 0. The molecule has 0 saturated carbocycles. The molecule has 4 nitrogen and oxygen atoms in total. The van der Waals surface area contributed by atoms with E-state index in [-0.39, 0.29) is 0 Å². The summed E-state index contributed by atoms with van der Waals surface area (Å²) in [5.41, 5.74) is 6.31. The lowest BCUT2D eigenvalue weighted by Crippen LogP contribution is -2.23. The summed E-state index contributed by atoms with van der Waals surface area (Å²) in [5.74, 6) is 0. The lowest BCUT2D eigenvalue weighted by molar-refractivity contribution is -0.108. The number of nitrogens with zero attached hydrogens (tertiary/aromatic N) is 1. The summed E-state index contributed by atoms with van der Waals surface area (Å²) in [4.78, 5) is 10.1. The third-order valence-corrected chi connectivity index (χ3v) is 1.20. The molecule has 0 spiro atoms. The third-order valence-electron chi connectivity index (χ3n) is 1.20. The number of aromatic nitrogens is 2. The van der Waals surface area contributed by atoms with Gasteiger partial charge in [0.2, 0.25) is 0 Å². The Hall–Kier alpha value is -1.16. The predicted octanol–water partition coefficient (Wildman–Crippen LogP) is -0.522. The average molecular weight is 139 g/mol. The van der Waals surface area contributed by atoms with E-state index in [4.69, 9.17) is 5.73 Å². The Morgan fingerprint density at radius 3 is 3.20 bits per heavy atom. The molecule has 0 radical (unpaired) electrons. The first kappa shape index (κ1) is 6.95. The summed E-state index contributed by atoms with van der Waals surface area (Å²) in [5, 5.41) is 6.35. The molecular weight excluding hydrogens is 130 g/mol. The van der Waals surface area contributed by atoms with Crippen LogP contribution in [0.1, 0.15) is 5.56 Å². The number of rotatable bonds is 3. The van der Waals surface area contributed by atoms with Crippen molar-refractivity contribution < 1.29 is 4.79 Å². The van der Waals surface area contributed by atoms with Crippen LogP contribution in [0, 0.1) is 0 Å². The van der Waals surface area contributed by atoms with Crippen molar-refractivity contribution in [2.45, 2.75) is 12.5 Å². The van der Waals surface area contributed by atoms with Gasteiger partial charge in [-0.05, 0) is 12.0 Å². The maximum absolute atomic E-state index is 10.1. The van der Waals surface area contributed by atoms with Crippen molar-refractivity contribution in [2.75, 3.05) is 0 Å². The number of nitrogens with one attached hydrogen (secondary N) is 1. The van der Waals surface area contributed by atoms with Gasteiger partial charge in [-0.15, -0.1) is 0 Å². The fourth-order valence-electron chi connectivity index (χ4n) is 0.710. The predicted molar refractivity (Wildman–Crippen MR) is 36.3 cm³/mol. The number of carbonyl (C=O) groups excluding carboxylic acids is 1. The molecule has 0 amide bonds. The first-order valence-corrected chi connectivity index (χ1v) is 3.01. The van der Waals surface area contributed by atoms with E-state index in [1.54, 1.807) is 12.4 Å². The summed E-state index contributed by atoms with van der Waals surface area (Å²) < 4.78 is 0. The fraction of sp³-hybridized carbons (Fsp3) is 0.333. The Labute approximate surface area is 58.4 Å². The molecule has 54 valence electrons. The van der Waals surface area contributed by atoms with E-state index in [1.165, 1.54) is 0 Å². The second kappa shape index (κ2) is 3.12. The molecule has 3 N–H and O–H groups in total. The zero-order chi connectivity index (χ0) is 7.40. The maximum Gasteiger partial charge on any atom is 0.137 e. The highest BCUT2D eigenvalue weighted by atomic mass is 16.1. The molecule has 0 bridgehead atoms. The van der Waals surface area contributed by atoms with Crippen molar-refractivity contribution in [2.24, 2.45) is 5.73 Å². The van der Waals surface area contributed by atoms with Crippen molar-refractivity contribution in [1.29, 1.82) is 0 Å². The largest absolute Gasteiger partial charge is 0.321 e. The van der Waals surface area contributed by atoms with Gasteiger partial charge in [0.1, 0.15) is 6.29 Å². The van der Waals surface area contributed by atoms with Gasteiger partial charge in [-0.3, -0.25) is 5.10 Å². The van der Waals surface area contributed by atoms with Crippen LogP contribution < -0.4 is 5.73 Å². The topological polar surface area (TPSA) is 71.8 Å². The van der Waals surface area contributed by atoms with Gasteiger partial charge in [-0.2, -0.15) is 5.10 Å². The molecule has 0 saturated heterocycles. The van der Waals surface area contributed by atoms with Crippen LogP contribution >= 0.6 is 0 Å². The van der Waals surface area contributed by atoms with Gasteiger partial charge in [0.25, 0.3) is 0 Å². The van der Waals surface area contributed by atoms with Crippen molar-refractivity contribution in [3.63, 3.8) is 0 Å². The van der Waals surface area contributed by atoms with Gasteiger partial charge in [0.05, 0.1) is 12.2 Å². The second-order valence-corrected chi connectivity index (χ2v) is 2.11. The van der Waals surface area contributed by atoms with Crippen LogP contribution in [0.15, 0.2) is 12.4 Å². The Morgan fingerprint density at radius 2 is 2.70 bits per heavy atom. The van der Waals surface area contributed by atoms with Crippen LogP contribution in [-0.4, -0.2) is 22.5 Å². The van der Waals surface area contributed by atoms with Gasteiger partial charge in [0.15, 0.2) is 0 Å². The van der Waals surface area contributed by atoms with E-state index < -0.39 is 6.04 Å². The molecule has 10 heavy (non-hydrogen) atoms. The second-order valence-electron chi connectivity index (χ2n) is 2.11. The molecular formula is C6H9N3O. The third kappa shape index (κ3) is 1.66. The van der Waals surface area contributed by atoms with Crippen LogP contribution in [0.3, 0.4) is 0 Å². The van der Waals surface area contributed by atoms with E-state index in [1.807, 2.05) is 0 Å². The van der Waals surface area contributed by atoms with Gasteiger partial charge in [-0.25, -0.2) is 0 Å². The molecule has 1 aromatic rings. The molecule has 1 atom stereocenters. The molecule has 0 aliphatic rings. The minimum absolute atomic E-state index is 0.405. The van der Waals surface area contributed by atoms with Crippen LogP contribution in [0.2, 0.25) is 0 Å². The highest BCUT2D eigenvalue weighted by Crippen LogP contribution is 1.95. The number of hydrogen-bond donors (Lipinski definition) is 2. The normalized spacial score (nSPS) is 12.9. The summed E-state index contributed by atoms with van der Waals surface area (Å²) >= 11 is 0. The van der Waals surface area contributed by atoms with Crippen LogP contribution in [0.5, 0.6) is 0 Å². The number of H-pyrrole nitrogens is 1. The van der Waals surface area contributed by atoms with Crippen LogP contribution in [-0.2, 0) is 11.2 Å². The van der Waals surface area contributed by atoms with Gasteiger partial charge in [-0.1, -0.05) is 0 Å². The number of aromatic amines is 1. The number of nitrogens with two attached hydrogens (primary N) is 1. The quantitative estimate of drug-likeness (QED) is 0.553. The highest BCUT2D eigenvalue weighted by molar-refractivity contribution is 5.57. The van der Waals surface area contributed by atoms with E-state index in [0.29, 0.717) is 6.42 Å². The van der Waals surface area contributed by atoms with Gasteiger partial charge < -0.3 is 10.5 Å². The summed E-state index contributed by atoms with van der Waals surface area (Å²) in [6.45, 7) is 0. The van der Waals surface area contributed by atoms with E-state index >= 15 is 0 Å². The summed E-state index contributed by atoms with van der Waals surface area (Å²) in [6.07, 6.45) is 4.67. The molecule has 0 fully saturated rings. The van der Waals surface area contributed by atoms with Gasteiger partial charge in [0, 0.05) is 6.20 Å². The molecule has 1 heterocycles. The minimum Gasteiger partial charge on any atom is -0.321 e. The average Bonchev–Trinajstić information content (AvgIpc) is 2.40. The number of aldehydes is 1. The monoisotopic (exact) mass is 139 g/mol. The lowest BCUT2D eigenvalue weighted by atomic mass is 10.1. The molecule has 0 unspecified atom stereocenters. The first-order valence-electron chi connectivity index (χ1n) is 3.01. The minimum atomic E-state index is -0.405. The Morgan fingerprint density at radius 1 is 1.90 bits per heavy atom. The molecule has 1 rings (SSSR count). The van der Waals surface area contributed by atoms with Crippen molar-refractivity contribution >= 4 is 6.29 Å². The zero-order valence-corrected chi connectivity index (χ0v) is 5.45. The molecule has 0 aromatic carbocycles. The van der Waals surface area contributed by atoms with Crippen molar-refractivity contribution in [1.82, 2.24) is 10.2 Å². The van der Waals surface area contributed by atoms with Crippen molar-refractivity contribution in [3.05, 3.63) is 18.0 Å². The Bertz CT molecular complexity index is 195. The molecule has 4 heteroatoms. The zero-order valence-electron chi connectivity index (χ0n) is 5.45. The smallest absolute Gasteiger partial charge is 0.137 e. The number of hydrogen-bond acceptors (Lipinski definition) is 3. The van der Waals surface area contributed by atoms with Crippen LogP contribution in [0.25, 0.3) is 0 Å². The standard InChI is InChI=1S/C6H9N3O/c7-6(4-10)1-5-2-8-9-3-5/h2-4,6H,1,7H2,(H,8,9)/t6-/m0/s1.